The van der Waals surface area contributed by atoms with E-state index in [-0.39, 0.29) is 47.2 Å². The largest absolute Gasteiger partial charge is 0.477 e. The molecule has 2 aliphatic heterocycles. The van der Waals surface area contributed by atoms with Gasteiger partial charge >= 0.3 is 36.7 Å². The highest BCUT2D eigenvalue weighted by Gasteiger charge is 2.47. The first kappa shape index (κ1) is 48.9. The number of halogens is 12. The SMILES string of the molecule is Cc1noc(N2C[C@H]3CC[C@@H](C2)C3Cc2nc3c(O[C@@H](C)C(F)(F)F)ccc(C(F)(F)F)n3n2)n1.Cc1noc(N2C[C@H]3CC[C@@H](C2)C3Cc2nc3c(O[C@H](C)C(F)(F)F)ccc(C(F)(F)F)n3n2)n1. The summed E-state index contributed by atoms with van der Waals surface area (Å²) in [4.78, 5) is 21.0. The van der Waals surface area contributed by atoms with E-state index in [2.05, 4.69) is 40.4 Å². The second kappa shape index (κ2) is 17.9. The molecule has 0 spiro atoms. The van der Waals surface area contributed by atoms with E-state index < -0.39 is 71.1 Å². The lowest BCUT2D eigenvalue weighted by atomic mass is 9.82. The molecule has 0 aromatic carbocycles. The summed E-state index contributed by atoms with van der Waals surface area (Å²) in [6, 6.07) is 3.90. The van der Waals surface area contributed by atoms with Crippen molar-refractivity contribution in [1.29, 1.82) is 0 Å². The quantitative estimate of drug-likeness (QED) is 0.120. The summed E-state index contributed by atoms with van der Waals surface area (Å²) in [5.41, 5.74) is -3.06. The van der Waals surface area contributed by atoms with Gasteiger partial charge in [-0.2, -0.15) is 72.9 Å². The van der Waals surface area contributed by atoms with Crippen molar-refractivity contribution in [2.45, 2.75) is 103 Å². The molecule has 0 radical (unpaired) electrons. The molecule has 70 heavy (non-hydrogen) atoms. The molecule has 2 unspecified atom stereocenters. The molecule has 10 rings (SSSR count). The number of hydrogen-bond donors (Lipinski definition) is 0. The minimum absolute atomic E-state index is 0.112. The molecule has 16 nitrogen and oxygen atoms in total. The molecule has 8 heterocycles. The van der Waals surface area contributed by atoms with E-state index in [1.54, 1.807) is 13.8 Å². The van der Waals surface area contributed by atoms with Gasteiger partial charge in [0, 0.05) is 39.0 Å². The van der Waals surface area contributed by atoms with Gasteiger partial charge in [-0.15, -0.1) is 0 Å². The fourth-order valence-electron chi connectivity index (χ4n) is 10.2. The standard InChI is InChI=1S/2C21H22F6N6O2/c2*1-10(20(22,23)24)34-15-5-6-16(21(25,26)27)33-18(15)29-17(30-33)7-14-12-3-4-13(14)9-32(8-12)19-28-11(2)31-35-19/h2*5-6,10,12-14H,3-4,7-9H2,1-2H3/t2*10-,12-,13+,14?/m10/s1. The van der Waals surface area contributed by atoms with Gasteiger partial charge in [0.2, 0.25) is 0 Å². The van der Waals surface area contributed by atoms with E-state index in [4.69, 9.17) is 18.5 Å². The van der Waals surface area contributed by atoms with Crippen LogP contribution in [0.3, 0.4) is 0 Å². The van der Waals surface area contributed by atoms with E-state index in [0.717, 1.165) is 51.7 Å². The monoisotopic (exact) mass is 1010 g/mol. The predicted molar refractivity (Wildman–Crippen MR) is 218 cm³/mol. The molecule has 4 bridgehead atoms. The first-order valence-electron chi connectivity index (χ1n) is 22.3. The number of aromatic nitrogens is 10. The van der Waals surface area contributed by atoms with Crippen molar-refractivity contribution in [3.8, 4) is 11.5 Å². The fraction of sp³-hybridized carbons (Fsp3) is 0.619. The summed E-state index contributed by atoms with van der Waals surface area (Å²) in [5.74, 6) is 1.60. The Balaban J connectivity index is 0.000000174. The van der Waals surface area contributed by atoms with E-state index in [9.17, 15) is 52.7 Å². The summed E-state index contributed by atoms with van der Waals surface area (Å²) >= 11 is 0. The molecular formula is C42H44F12N12O4. The van der Waals surface area contributed by atoms with Gasteiger partial charge in [-0.1, -0.05) is 10.3 Å². The molecule has 0 amide bonds. The van der Waals surface area contributed by atoms with Crippen molar-refractivity contribution in [3.63, 3.8) is 0 Å². The van der Waals surface area contributed by atoms with E-state index in [1.165, 1.54) is 0 Å². The Labute approximate surface area is 388 Å². The number of fused-ring (bicyclic) bond motifs is 6. The first-order chi connectivity index (χ1) is 32.8. The van der Waals surface area contributed by atoms with Gasteiger partial charge < -0.3 is 28.3 Å². The maximum Gasteiger partial charge on any atom is 0.433 e. The van der Waals surface area contributed by atoms with Crippen LogP contribution in [0.15, 0.2) is 33.3 Å². The normalized spacial score (nSPS) is 23.8. The molecule has 8 atom stereocenters. The van der Waals surface area contributed by atoms with Crippen LogP contribution in [-0.2, 0) is 25.2 Å². The van der Waals surface area contributed by atoms with Gasteiger partial charge in [0.1, 0.15) is 11.4 Å². The highest BCUT2D eigenvalue weighted by molar-refractivity contribution is 5.55. The Morgan fingerprint density at radius 2 is 0.886 bits per heavy atom. The van der Waals surface area contributed by atoms with Gasteiger partial charge in [-0.3, -0.25) is 0 Å². The topological polar surface area (TPSA) is 163 Å². The van der Waals surface area contributed by atoms with Gasteiger partial charge in [-0.25, -0.2) is 19.0 Å². The molecule has 6 aromatic heterocycles. The van der Waals surface area contributed by atoms with Crippen LogP contribution in [-0.4, -0.2) is 100 Å². The third-order valence-corrected chi connectivity index (χ3v) is 13.6. The molecule has 2 aliphatic carbocycles. The number of rotatable bonds is 10. The lowest BCUT2D eigenvalue weighted by molar-refractivity contribution is -0.189. The molecule has 4 fully saturated rings. The van der Waals surface area contributed by atoms with Crippen LogP contribution in [0.25, 0.3) is 11.3 Å². The van der Waals surface area contributed by atoms with Gasteiger partial charge in [0.15, 0.2) is 58.3 Å². The number of pyridine rings is 2. The second-order valence-electron chi connectivity index (χ2n) is 18.3. The predicted octanol–water partition coefficient (Wildman–Crippen LogP) is 8.95. The fourth-order valence-corrected chi connectivity index (χ4v) is 10.2. The Bertz CT molecular complexity index is 2600. The van der Waals surface area contributed by atoms with Crippen molar-refractivity contribution in [2.75, 3.05) is 36.0 Å². The maximum absolute atomic E-state index is 13.6. The molecule has 6 aromatic rings. The summed E-state index contributed by atoms with van der Waals surface area (Å²) < 4.78 is 181. The van der Waals surface area contributed by atoms with E-state index in [0.29, 0.717) is 83.9 Å². The Morgan fingerprint density at radius 1 is 0.543 bits per heavy atom. The average Bonchev–Trinajstić information content (AvgIpc) is 4.13. The lowest BCUT2D eigenvalue weighted by Crippen LogP contribution is -2.43. The number of aryl methyl sites for hydroxylation is 2. The zero-order valence-corrected chi connectivity index (χ0v) is 37.5. The zero-order chi connectivity index (χ0) is 50.2. The Hall–Kier alpha value is -6.12. The lowest BCUT2D eigenvalue weighted by Gasteiger charge is -2.36. The molecular weight excluding hydrogens is 965 g/mol. The summed E-state index contributed by atoms with van der Waals surface area (Å²) in [6.07, 6.45) is -19.1. The molecule has 28 heteroatoms. The minimum atomic E-state index is -4.77. The summed E-state index contributed by atoms with van der Waals surface area (Å²) in [5, 5.41) is 15.7. The van der Waals surface area contributed by atoms with Gasteiger partial charge in [0.25, 0.3) is 0 Å². The zero-order valence-electron chi connectivity index (χ0n) is 37.5. The van der Waals surface area contributed by atoms with Crippen LogP contribution in [0.1, 0.15) is 74.2 Å². The maximum atomic E-state index is 13.6. The number of nitrogens with zero attached hydrogens (tertiary/aromatic N) is 12. The van der Waals surface area contributed by atoms with Crippen LogP contribution >= 0.6 is 0 Å². The minimum Gasteiger partial charge on any atom is -0.477 e. The van der Waals surface area contributed by atoms with Gasteiger partial charge in [-0.05, 0) is 113 Å². The molecule has 0 N–H and O–H groups in total. The summed E-state index contributed by atoms with van der Waals surface area (Å²) in [7, 11) is 0. The van der Waals surface area contributed by atoms with E-state index >= 15 is 0 Å². The van der Waals surface area contributed by atoms with Crippen LogP contribution < -0.4 is 19.3 Å². The molecule has 2 saturated carbocycles. The van der Waals surface area contributed by atoms with Crippen molar-refractivity contribution in [3.05, 3.63) is 59.0 Å². The molecule has 380 valence electrons. The third kappa shape index (κ3) is 9.94. The van der Waals surface area contributed by atoms with Crippen molar-refractivity contribution >= 4 is 23.3 Å². The van der Waals surface area contributed by atoms with Crippen LogP contribution in [0.4, 0.5) is 64.7 Å². The van der Waals surface area contributed by atoms with Crippen molar-refractivity contribution in [2.24, 2.45) is 35.5 Å². The number of ether oxygens (including phenoxy) is 2. The highest BCUT2D eigenvalue weighted by Crippen LogP contribution is 2.46. The van der Waals surface area contributed by atoms with E-state index in [1.807, 2.05) is 9.80 Å². The smallest absolute Gasteiger partial charge is 0.433 e. The first-order valence-corrected chi connectivity index (χ1v) is 22.3. The van der Waals surface area contributed by atoms with Crippen LogP contribution in [0, 0.1) is 49.4 Å². The second-order valence-corrected chi connectivity index (χ2v) is 18.3. The number of alkyl halides is 12. The molecule has 4 aliphatic rings. The van der Waals surface area contributed by atoms with Crippen molar-refractivity contribution in [1.82, 2.24) is 49.5 Å². The van der Waals surface area contributed by atoms with Crippen molar-refractivity contribution < 1.29 is 71.2 Å². The number of piperidine rings is 2. The molecule has 2 saturated heterocycles. The van der Waals surface area contributed by atoms with Crippen LogP contribution in [0.5, 0.6) is 11.5 Å². The number of hydrogen-bond acceptors (Lipinski definition) is 14. The highest BCUT2D eigenvalue weighted by atomic mass is 19.4. The summed E-state index contributed by atoms with van der Waals surface area (Å²) in [6.45, 7) is 7.63. The van der Waals surface area contributed by atoms with Crippen LogP contribution in [0.2, 0.25) is 0 Å². The Kier molecular flexibility index (Phi) is 12.5. The third-order valence-electron chi connectivity index (χ3n) is 13.6. The average molecular weight is 1010 g/mol. The van der Waals surface area contributed by atoms with Gasteiger partial charge in [0.05, 0.1) is 0 Å². The number of anilines is 2. The Morgan fingerprint density at radius 3 is 1.17 bits per heavy atom.